The van der Waals surface area contributed by atoms with E-state index in [4.69, 9.17) is 4.74 Å². The van der Waals surface area contributed by atoms with E-state index >= 15 is 0 Å². The summed E-state index contributed by atoms with van der Waals surface area (Å²) in [7, 11) is 0. The largest absolute Gasteiger partial charge is 0.378 e. The maximum atomic E-state index is 5.39. The zero-order valence-electron chi connectivity index (χ0n) is 11.2. The second-order valence-electron chi connectivity index (χ2n) is 6.01. The molecule has 0 bridgehead atoms. The van der Waals surface area contributed by atoms with Gasteiger partial charge in [0.2, 0.25) is 0 Å². The summed E-state index contributed by atoms with van der Waals surface area (Å²) < 4.78 is 5.39. The van der Waals surface area contributed by atoms with E-state index in [2.05, 4.69) is 49.9 Å². The van der Waals surface area contributed by atoms with Gasteiger partial charge >= 0.3 is 0 Å². The standard InChI is InChI=1S/C15H23NO/c1-15(2,3)12-13-5-4-6-14(11-13)16-7-9-17-10-8-16/h4-6,11H,7-10,12H2,1-3H3. The minimum Gasteiger partial charge on any atom is -0.378 e. The Balaban J connectivity index is 2.10. The summed E-state index contributed by atoms with van der Waals surface area (Å²) in [6, 6.07) is 8.94. The number of morpholine rings is 1. The topological polar surface area (TPSA) is 12.5 Å². The van der Waals surface area contributed by atoms with Crippen LogP contribution in [0.1, 0.15) is 26.3 Å². The Hall–Kier alpha value is -1.02. The van der Waals surface area contributed by atoms with E-state index in [1.807, 2.05) is 0 Å². The highest BCUT2D eigenvalue weighted by atomic mass is 16.5. The summed E-state index contributed by atoms with van der Waals surface area (Å²) in [5, 5.41) is 0. The van der Waals surface area contributed by atoms with Crippen molar-refractivity contribution in [3.8, 4) is 0 Å². The Morgan fingerprint density at radius 2 is 1.88 bits per heavy atom. The Labute approximate surface area is 105 Å². The van der Waals surface area contributed by atoms with Gasteiger partial charge in [0, 0.05) is 18.8 Å². The predicted octanol–water partition coefficient (Wildman–Crippen LogP) is 3.11. The lowest BCUT2D eigenvalue weighted by Gasteiger charge is -2.29. The fourth-order valence-corrected chi connectivity index (χ4v) is 2.30. The Morgan fingerprint density at radius 3 is 2.53 bits per heavy atom. The zero-order chi connectivity index (χ0) is 12.3. The molecule has 1 aromatic rings. The van der Waals surface area contributed by atoms with Gasteiger partial charge in [-0.3, -0.25) is 0 Å². The van der Waals surface area contributed by atoms with E-state index in [1.54, 1.807) is 0 Å². The number of benzene rings is 1. The first kappa shape index (κ1) is 12.4. The highest BCUT2D eigenvalue weighted by Crippen LogP contribution is 2.24. The van der Waals surface area contributed by atoms with Crippen LogP contribution in [0, 0.1) is 5.41 Å². The molecule has 17 heavy (non-hydrogen) atoms. The number of hydrogen-bond acceptors (Lipinski definition) is 2. The highest BCUT2D eigenvalue weighted by Gasteiger charge is 2.14. The lowest BCUT2D eigenvalue weighted by Crippen LogP contribution is -2.36. The SMILES string of the molecule is CC(C)(C)Cc1cccc(N2CCOCC2)c1. The first-order valence-corrected chi connectivity index (χ1v) is 6.46. The summed E-state index contributed by atoms with van der Waals surface area (Å²) >= 11 is 0. The number of nitrogens with zero attached hydrogens (tertiary/aromatic N) is 1. The molecule has 1 aliphatic rings. The lowest BCUT2D eigenvalue weighted by atomic mass is 9.88. The fraction of sp³-hybridized carbons (Fsp3) is 0.600. The molecule has 0 unspecified atom stereocenters. The normalized spacial score (nSPS) is 17.2. The smallest absolute Gasteiger partial charge is 0.0642 e. The van der Waals surface area contributed by atoms with Crippen LogP contribution in [0.2, 0.25) is 0 Å². The van der Waals surface area contributed by atoms with E-state index < -0.39 is 0 Å². The maximum absolute atomic E-state index is 5.39. The quantitative estimate of drug-likeness (QED) is 0.778. The van der Waals surface area contributed by atoms with Crippen molar-refractivity contribution in [1.82, 2.24) is 0 Å². The molecule has 0 radical (unpaired) electrons. The van der Waals surface area contributed by atoms with Crippen LogP contribution in [0.25, 0.3) is 0 Å². The van der Waals surface area contributed by atoms with Gasteiger partial charge in [0.15, 0.2) is 0 Å². The molecule has 1 fully saturated rings. The van der Waals surface area contributed by atoms with Crippen LogP contribution in [-0.2, 0) is 11.2 Å². The number of rotatable bonds is 2. The van der Waals surface area contributed by atoms with Crippen LogP contribution in [-0.4, -0.2) is 26.3 Å². The highest BCUT2D eigenvalue weighted by molar-refractivity contribution is 5.49. The molecular weight excluding hydrogens is 210 g/mol. The molecule has 2 heteroatoms. The lowest BCUT2D eigenvalue weighted by molar-refractivity contribution is 0.122. The van der Waals surface area contributed by atoms with Crippen LogP contribution in [0.15, 0.2) is 24.3 Å². The average Bonchev–Trinajstić information content (AvgIpc) is 2.28. The molecule has 0 saturated carbocycles. The van der Waals surface area contributed by atoms with Crippen molar-refractivity contribution >= 4 is 5.69 Å². The zero-order valence-corrected chi connectivity index (χ0v) is 11.2. The third-order valence-electron chi connectivity index (χ3n) is 3.02. The number of hydrogen-bond donors (Lipinski definition) is 0. The summed E-state index contributed by atoms with van der Waals surface area (Å²) in [4.78, 5) is 2.41. The van der Waals surface area contributed by atoms with Crippen LogP contribution in [0.4, 0.5) is 5.69 Å². The molecule has 1 heterocycles. The van der Waals surface area contributed by atoms with Crippen molar-refractivity contribution in [3.63, 3.8) is 0 Å². The van der Waals surface area contributed by atoms with Crippen LogP contribution < -0.4 is 4.90 Å². The molecule has 94 valence electrons. The molecule has 0 amide bonds. The molecule has 0 aromatic heterocycles. The van der Waals surface area contributed by atoms with E-state index in [0.717, 1.165) is 32.7 Å². The van der Waals surface area contributed by atoms with E-state index in [9.17, 15) is 0 Å². The fourth-order valence-electron chi connectivity index (χ4n) is 2.30. The van der Waals surface area contributed by atoms with Crippen molar-refractivity contribution in [1.29, 1.82) is 0 Å². The molecule has 2 nitrogen and oxygen atoms in total. The Kier molecular flexibility index (Phi) is 3.72. The predicted molar refractivity (Wildman–Crippen MR) is 72.6 cm³/mol. The summed E-state index contributed by atoms with van der Waals surface area (Å²) in [5.74, 6) is 0. The monoisotopic (exact) mass is 233 g/mol. The Bertz CT molecular complexity index is 361. The number of ether oxygens (including phenoxy) is 1. The summed E-state index contributed by atoms with van der Waals surface area (Å²) in [6.07, 6.45) is 1.13. The van der Waals surface area contributed by atoms with E-state index in [-0.39, 0.29) is 0 Å². The van der Waals surface area contributed by atoms with Gasteiger partial charge in [-0.05, 0) is 29.5 Å². The van der Waals surface area contributed by atoms with Crippen LogP contribution in [0.5, 0.6) is 0 Å². The molecule has 1 aliphatic heterocycles. The van der Waals surface area contributed by atoms with Gasteiger partial charge in [0.1, 0.15) is 0 Å². The minimum absolute atomic E-state index is 0.351. The van der Waals surface area contributed by atoms with Gasteiger partial charge in [-0.1, -0.05) is 32.9 Å². The molecule has 2 rings (SSSR count). The van der Waals surface area contributed by atoms with Gasteiger partial charge in [-0.25, -0.2) is 0 Å². The van der Waals surface area contributed by atoms with Gasteiger partial charge < -0.3 is 9.64 Å². The molecule has 1 saturated heterocycles. The minimum atomic E-state index is 0.351. The van der Waals surface area contributed by atoms with Crippen molar-refractivity contribution in [2.24, 2.45) is 5.41 Å². The van der Waals surface area contributed by atoms with E-state index in [1.165, 1.54) is 11.3 Å². The van der Waals surface area contributed by atoms with Crippen molar-refractivity contribution in [2.45, 2.75) is 27.2 Å². The van der Waals surface area contributed by atoms with Gasteiger partial charge in [-0.15, -0.1) is 0 Å². The van der Waals surface area contributed by atoms with Gasteiger partial charge in [0.25, 0.3) is 0 Å². The molecular formula is C15H23NO. The maximum Gasteiger partial charge on any atom is 0.0642 e. The van der Waals surface area contributed by atoms with Crippen molar-refractivity contribution in [2.75, 3.05) is 31.2 Å². The first-order chi connectivity index (χ1) is 8.04. The van der Waals surface area contributed by atoms with Crippen molar-refractivity contribution < 1.29 is 4.74 Å². The molecule has 0 atom stereocenters. The molecule has 0 aliphatic carbocycles. The molecule has 1 aromatic carbocycles. The molecule has 0 N–H and O–H groups in total. The van der Waals surface area contributed by atoms with E-state index in [0.29, 0.717) is 5.41 Å². The van der Waals surface area contributed by atoms with Gasteiger partial charge in [-0.2, -0.15) is 0 Å². The average molecular weight is 233 g/mol. The summed E-state index contributed by atoms with van der Waals surface area (Å²) in [6.45, 7) is 10.6. The van der Waals surface area contributed by atoms with Crippen LogP contribution >= 0.6 is 0 Å². The van der Waals surface area contributed by atoms with Crippen LogP contribution in [0.3, 0.4) is 0 Å². The second kappa shape index (κ2) is 5.09. The second-order valence-corrected chi connectivity index (χ2v) is 6.01. The Morgan fingerprint density at radius 1 is 1.18 bits per heavy atom. The third kappa shape index (κ3) is 3.74. The van der Waals surface area contributed by atoms with Gasteiger partial charge in [0.05, 0.1) is 13.2 Å². The first-order valence-electron chi connectivity index (χ1n) is 6.46. The number of anilines is 1. The third-order valence-corrected chi connectivity index (χ3v) is 3.02. The van der Waals surface area contributed by atoms with Crippen molar-refractivity contribution in [3.05, 3.63) is 29.8 Å². The summed E-state index contributed by atoms with van der Waals surface area (Å²) in [5.41, 5.74) is 3.13. The molecule has 0 spiro atoms.